The van der Waals surface area contributed by atoms with Gasteiger partial charge in [0.15, 0.2) is 0 Å². The fraction of sp³-hybridized carbons (Fsp3) is 0.857. The van der Waals surface area contributed by atoms with Crippen LogP contribution < -0.4 is 5.73 Å². The van der Waals surface area contributed by atoms with Crippen molar-refractivity contribution in [2.75, 3.05) is 13.3 Å². The summed E-state index contributed by atoms with van der Waals surface area (Å²) in [5.41, 5.74) is 5.03. The normalized spacial score (nSPS) is 22.6. The molecule has 5 nitrogen and oxygen atoms in total. The standard InChI is InChI=1S/C14H25NO4.ClH/c1-14(2,3)13(17)19-9-18-12(16)11-6-4-10(8-15)5-7-11;/h10-11H,4-9,15H2,1-3H3;1H. The van der Waals surface area contributed by atoms with E-state index in [1.165, 1.54) is 0 Å². The summed E-state index contributed by atoms with van der Waals surface area (Å²) in [6.45, 7) is 5.67. The monoisotopic (exact) mass is 307 g/mol. The zero-order chi connectivity index (χ0) is 14.5. The fourth-order valence-electron chi connectivity index (χ4n) is 2.11. The van der Waals surface area contributed by atoms with Gasteiger partial charge in [0.2, 0.25) is 6.79 Å². The first-order valence-electron chi connectivity index (χ1n) is 6.88. The van der Waals surface area contributed by atoms with Crippen molar-refractivity contribution in [2.24, 2.45) is 23.0 Å². The molecule has 0 aliphatic heterocycles. The molecule has 2 N–H and O–H groups in total. The summed E-state index contributed by atoms with van der Waals surface area (Å²) in [7, 11) is 0. The number of hydrogen-bond donors (Lipinski definition) is 1. The zero-order valence-corrected chi connectivity index (χ0v) is 13.3. The SMILES string of the molecule is CC(C)(C)C(=O)OCOC(=O)C1CCC(CN)CC1.Cl. The average Bonchev–Trinajstić information content (AvgIpc) is 2.37. The van der Waals surface area contributed by atoms with Crippen molar-refractivity contribution in [3.8, 4) is 0 Å². The largest absolute Gasteiger partial charge is 0.428 e. The molecule has 1 saturated carbocycles. The molecule has 1 aliphatic rings. The van der Waals surface area contributed by atoms with Crippen molar-refractivity contribution in [3.05, 3.63) is 0 Å². The minimum absolute atomic E-state index is 0. The number of carbonyl (C=O) groups excluding carboxylic acids is 2. The highest BCUT2D eigenvalue weighted by Gasteiger charge is 2.28. The Morgan fingerprint density at radius 2 is 1.65 bits per heavy atom. The van der Waals surface area contributed by atoms with Gasteiger partial charge in [-0.1, -0.05) is 0 Å². The lowest BCUT2D eigenvalue weighted by Crippen LogP contribution is -2.29. The fourth-order valence-corrected chi connectivity index (χ4v) is 2.11. The van der Waals surface area contributed by atoms with Crippen molar-refractivity contribution in [1.82, 2.24) is 0 Å². The summed E-state index contributed by atoms with van der Waals surface area (Å²) in [5, 5.41) is 0. The lowest BCUT2D eigenvalue weighted by molar-refractivity contribution is -0.176. The van der Waals surface area contributed by atoms with Gasteiger partial charge >= 0.3 is 11.9 Å². The molecule has 1 rings (SSSR count). The van der Waals surface area contributed by atoms with Crippen LogP contribution in [0.15, 0.2) is 0 Å². The number of nitrogens with two attached hydrogens (primary N) is 1. The summed E-state index contributed by atoms with van der Waals surface area (Å²) in [5.74, 6) is -0.178. The van der Waals surface area contributed by atoms with Crippen LogP contribution in [0.25, 0.3) is 0 Å². The van der Waals surface area contributed by atoms with Crippen LogP contribution >= 0.6 is 12.4 Å². The molecule has 0 atom stereocenters. The number of rotatable bonds is 4. The van der Waals surface area contributed by atoms with Crippen LogP contribution in [0, 0.1) is 17.3 Å². The molecular weight excluding hydrogens is 282 g/mol. The van der Waals surface area contributed by atoms with E-state index >= 15 is 0 Å². The molecule has 6 heteroatoms. The van der Waals surface area contributed by atoms with Crippen LogP contribution in [-0.2, 0) is 19.1 Å². The number of ether oxygens (including phenoxy) is 2. The van der Waals surface area contributed by atoms with E-state index in [1.807, 2.05) is 0 Å². The molecule has 1 aliphatic carbocycles. The smallest absolute Gasteiger partial charge is 0.314 e. The molecule has 0 radical (unpaired) electrons. The van der Waals surface area contributed by atoms with Gasteiger partial charge in [-0.15, -0.1) is 12.4 Å². The molecule has 0 spiro atoms. The maximum absolute atomic E-state index is 11.8. The second-order valence-electron chi connectivity index (χ2n) is 6.22. The van der Waals surface area contributed by atoms with Crippen molar-refractivity contribution in [1.29, 1.82) is 0 Å². The van der Waals surface area contributed by atoms with Crippen LogP contribution in [0.2, 0.25) is 0 Å². The molecular formula is C14H26ClNO4. The minimum Gasteiger partial charge on any atom is -0.428 e. The number of halogens is 1. The zero-order valence-electron chi connectivity index (χ0n) is 12.5. The lowest BCUT2D eigenvalue weighted by Gasteiger charge is -2.26. The number of esters is 2. The van der Waals surface area contributed by atoms with Crippen LogP contribution in [-0.4, -0.2) is 25.3 Å². The average molecular weight is 308 g/mol. The van der Waals surface area contributed by atoms with Crippen molar-refractivity contribution in [3.63, 3.8) is 0 Å². The van der Waals surface area contributed by atoms with E-state index < -0.39 is 5.41 Å². The Hall–Kier alpha value is -0.810. The second kappa shape index (κ2) is 8.47. The Kier molecular flexibility index (Phi) is 8.13. The van der Waals surface area contributed by atoms with Gasteiger partial charge in [0.05, 0.1) is 11.3 Å². The van der Waals surface area contributed by atoms with Crippen LogP contribution in [0.4, 0.5) is 0 Å². The molecule has 0 aromatic heterocycles. The molecule has 118 valence electrons. The molecule has 0 aromatic carbocycles. The first-order chi connectivity index (χ1) is 8.84. The van der Waals surface area contributed by atoms with Gasteiger partial charge in [0.25, 0.3) is 0 Å². The van der Waals surface area contributed by atoms with Crippen LogP contribution in [0.1, 0.15) is 46.5 Å². The van der Waals surface area contributed by atoms with Crippen molar-refractivity contribution >= 4 is 24.3 Å². The van der Waals surface area contributed by atoms with Gasteiger partial charge < -0.3 is 15.2 Å². The maximum Gasteiger partial charge on any atom is 0.314 e. The van der Waals surface area contributed by atoms with Crippen molar-refractivity contribution in [2.45, 2.75) is 46.5 Å². The summed E-state index contributed by atoms with van der Waals surface area (Å²) in [4.78, 5) is 23.3. The van der Waals surface area contributed by atoms with Gasteiger partial charge in [-0.05, 0) is 58.9 Å². The molecule has 0 heterocycles. The number of carbonyl (C=O) groups is 2. The Bertz CT molecular complexity index is 320. The second-order valence-corrected chi connectivity index (χ2v) is 6.22. The van der Waals surface area contributed by atoms with E-state index in [1.54, 1.807) is 20.8 Å². The molecule has 0 amide bonds. The van der Waals surface area contributed by atoms with Gasteiger partial charge in [-0.3, -0.25) is 9.59 Å². The quantitative estimate of drug-likeness (QED) is 0.636. The van der Waals surface area contributed by atoms with E-state index in [9.17, 15) is 9.59 Å². The van der Waals surface area contributed by atoms with Gasteiger partial charge in [0, 0.05) is 0 Å². The molecule has 0 saturated heterocycles. The first kappa shape index (κ1) is 19.2. The van der Waals surface area contributed by atoms with E-state index in [2.05, 4.69) is 0 Å². The molecule has 0 unspecified atom stereocenters. The Morgan fingerprint density at radius 1 is 1.10 bits per heavy atom. The summed E-state index contributed by atoms with van der Waals surface area (Å²) >= 11 is 0. The predicted octanol–water partition coefficient (Wildman–Crippen LogP) is 2.26. The Morgan fingerprint density at radius 3 is 2.10 bits per heavy atom. The summed E-state index contributed by atoms with van der Waals surface area (Å²) < 4.78 is 9.91. The molecule has 0 aromatic rings. The van der Waals surface area contributed by atoms with Crippen LogP contribution in [0.3, 0.4) is 0 Å². The minimum atomic E-state index is -0.578. The molecule has 0 bridgehead atoms. The maximum atomic E-state index is 11.8. The number of hydrogen-bond acceptors (Lipinski definition) is 5. The molecule has 20 heavy (non-hydrogen) atoms. The Balaban J connectivity index is 0.00000361. The predicted molar refractivity (Wildman–Crippen MR) is 78.3 cm³/mol. The van der Waals surface area contributed by atoms with E-state index in [0.717, 1.165) is 25.7 Å². The van der Waals surface area contributed by atoms with E-state index in [4.69, 9.17) is 15.2 Å². The topological polar surface area (TPSA) is 78.6 Å². The third kappa shape index (κ3) is 6.09. The van der Waals surface area contributed by atoms with Gasteiger partial charge in [-0.25, -0.2) is 0 Å². The van der Waals surface area contributed by atoms with Gasteiger partial charge in [0.1, 0.15) is 0 Å². The third-order valence-electron chi connectivity index (χ3n) is 3.52. The molecule has 1 fully saturated rings. The Labute approximate surface area is 127 Å². The summed E-state index contributed by atoms with van der Waals surface area (Å²) in [6.07, 6.45) is 3.57. The highest BCUT2D eigenvalue weighted by molar-refractivity contribution is 5.85. The lowest BCUT2D eigenvalue weighted by atomic mass is 9.82. The van der Waals surface area contributed by atoms with Crippen molar-refractivity contribution < 1.29 is 19.1 Å². The first-order valence-corrected chi connectivity index (χ1v) is 6.88. The third-order valence-corrected chi connectivity index (χ3v) is 3.52. The van der Waals surface area contributed by atoms with Crippen LogP contribution in [0.5, 0.6) is 0 Å². The highest BCUT2D eigenvalue weighted by Crippen LogP contribution is 2.28. The van der Waals surface area contributed by atoms with E-state index in [0.29, 0.717) is 12.5 Å². The van der Waals surface area contributed by atoms with E-state index in [-0.39, 0.29) is 37.1 Å². The van der Waals surface area contributed by atoms with Gasteiger partial charge in [-0.2, -0.15) is 0 Å². The summed E-state index contributed by atoms with van der Waals surface area (Å²) in [6, 6.07) is 0. The highest BCUT2D eigenvalue weighted by atomic mass is 35.5.